The van der Waals surface area contributed by atoms with Gasteiger partial charge in [-0.25, -0.2) is 8.42 Å². The topological polar surface area (TPSA) is 57.6 Å². The maximum atomic E-state index is 11.3. The second-order valence-electron chi connectivity index (χ2n) is 4.18. The third-order valence-electron chi connectivity index (χ3n) is 2.90. The molecule has 0 spiro atoms. The van der Waals surface area contributed by atoms with Crippen molar-refractivity contribution in [1.29, 1.82) is 0 Å². The van der Waals surface area contributed by atoms with Crippen LogP contribution in [0.5, 0.6) is 5.75 Å². The first-order valence-corrected chi connectivity index (χ1v) is 7.57. The number of rotatable bonds is 2. The van der Waals surface area contributed by atoms with Gasteiger partial charge in [-0.1, -0.05) is 23.7 Å². The van der Waals surface area contributed by atoms with Crippen LogP contribution in [0.15, 0.2) is 18.2 Å². The van der Waals surface area contributed by atoms with E-state index in [9.17, 15) is 13.5 Å². The smallest absolute Gasteiger partial charge is 0.152 e. The molecule has 1 heterocycles. The number of hydrogen-bond acceptors (Lipinski definition) is 4. The van der Waals surface area contributed by atoms with Gasteiger partial charge in [0.2, 0.25) is 0 Å². The summed E-state index contributed by atoms with van der Waals surface area (Å²) in [4.78, 5) is 2.01. The Morgan fingerprint density at radius 1 is 1.29 bits per heavy atom. The lowest BCUT2D eigenvalue weighted by Crippen LogP contribution is -2.39. The first-order chi connectivity index (χ1) is 7.98. The van der Waals surface area contributed by atoms with Crippen molar-refractivity contribution in [3.05, 3.63) is 28.8 Å². The zero-order valence-electron chi connectivity index (χ0n) is 9.26. The van der Waals surface area contributed by atoms with Crippen molar-refractivity contribution in [2.45, 2.75) is 6.54 Å². The van der Waals surface area contributed by atoms with E-state index < -0.39 is 9.84 Å². The van der Waals surface area contributed by atoms with Gasteiger partial charge in [0, 0.05) is 25.2 Å². The van der Waals surface area contributed by atoms with E-state index >= 15 is 0 Å². The van der Waals surface area contributed by atoms with Crippen molar-refractivity contribution >= 4 is 21.4 Å². The normalized spacial score (nSPS) is 20.3. The van der Waals surface area contributed by atoms with Crippen molar-refractivity contribution in [2.24, 2.45) is 0 Å². The molecule has 1 saturated heterocycles. The standard InChI is InChI=1S/C11H14ClNO3S/c12-10-3-1-2-9(11(10)14)8-13-4-6-17(15,16)7-5-13/h1-3,14H,4-8H2. The minimum Gasteiger partial charge on any atom is -0.506 e. The molecule has 1 aliphatic heterocycles. The molecule has 0 bridgehead atoms. The molecule has 0 unspecified atom stereocenters. The number of halogens is 1. The zero-order valence-corrected chi connectivity index (χ0v) is 10.8. The van der Waals surface area contributed by atoms with Gasteiger partial charge in [0.15, 0.2) is 9.84 Å². The molecule has 0 radical (unpaired) electrons. The monoisotopic (exact) mass is 275 g/mol. The highest BCUT2D eigenvalue weighted by atomic mass is 35.5. The second kappa shape index (κ2) is 4.84. The molecular formula is C11H14ClNO3S. The van der Waals surface area contributed by atoms with Gasteiger partial charge in [-0.15, -0.1) is 0 Å². The van der Waals surface area contributed by atoms with Crippen LogP contribution < -0.4 is 0 Å². The highest BCUT2D eigenvalue weighted by molar-refractivity contribution is 7.91. The van der Waals surface area contributed by atoms with Crippen LogP contribution in [0.3, 0.4) is 0 Å². The maximum absolute atomic E-state index is 11.3. The first kappa shape index (κ1) is 12.7. The molecule has 1 aromatic rings. The summed E-state index contributed by atoms with van der Waals surface area (Å²) >= 11 is 5.81. The van der Waals surface area contributed by atoms with Gasteiger partial charge in [-0.2, -0.15) is 0 Å². The molecule has 0 atom stereocenters. The molecule has 0 aliphatic carbocycles. The van der Waals surface area contributed by atoms with E-state index in [0.29, 0.717) is 24.7 Å². The number of sulfone groups is 1. The summed E-state index contributed by atoms with van der Waals surface area (Å²) < 4.78 is 22.5. The Morgan fingerprint density at radius 3 is 2.59 bits per heavy atom. The van der Waals surface area contributed by atoms with Gasteiger partial charge in [0.05, 0.1) is 16.5 Å². The van der Waals surface area contributed by atoms with Gasteiger partial charge >= 0.3 is 0 Å². The fourth-order valence-corrected chi connectivity index (χ4v) is 3.31. The van der Waals surface area contributed by atoms with Crippen LogP contribution in [0.4, 0.5) is 0 Å². The van der Waals surface area contributed by atoms with Crippen molar-refractivity contribution < 1.29 is 13.5 Å². The molecule has 1 aromatic carbocycles. The van der Waals surface area contributed by atoms with E-state index in [1.807, 2.05) is 4.90 Å². The number of phenolic OH excluding ortho intramolecular Hbond substituents is 1. The van der Waals surface area contributed by atoms with Gasteiger partial charge in [-0.05, 0) is 6.07 Å². The molecule has 1 aliphatic rings. The largest absolute Gasteiger partial charge is 0.506 e. The van der Waals surface area contributed by atoms with E-state index in [2.05, 4.69) is 0 Å². The SMILES string of the molecule is O=S1(=O)CCN(Cc2cccc(Cl)c2O)CC1. The molecule has 6 heteroatoms. The molecule has 4 nitrogen and oxygen atoms in total. The quantitative estimate of drug-likeness (QED) is 0.883. The summed E-state index contributed by atoms with van der Waals surface area (Å²) in [5, 5.41) is 10.1. The number of aromatic hydroxyl groups is 1. The van der Waals surface area contributed by atoms with Crippen LogP contribution in [-0.2, 0) is 16.4 Å². The van der Waals surface area contributed by atoms with Crippen LogP contribution in [0.25, 0.3) is 0 Å². The average molecular weight is 276 g/mol. The third kappa shape index (κ3) is 3.12. The molecule has 0 saturated carbocycles. The molecule has 94 valence electrons. The number of benzene rings is 1. The molecular weight excluding hydrogens is 262 g/mol. The minimum atomic E-state index is -2.86. The van der Waals surface area contributed by atoms with E-state index in [0.717, 1.165) is 5.56 Å². The lowest BCUT2D eigenvalue weighted by molar-refractivity contribution is 0.283. The third-order valence-corrected chi connectivity index (χ3v) is 4.82. The van der Waals surface area contributed by atoms with Crippen LogP contribution >= 0.6 is 11.6 Å². The van der Waals surface area contributed by atoms with E-state index in [-0.39, 0.29) is 17.3 Å². The summed E-state index contributed by atoms with van der Waals surface area (Å²) in [5.41, 5.74) is 0.733. The second-order valence-corrected chi connectivity index (χ2v) is 6.89. The number of para-hydroxylation sites is 1. The molecule has 2 rings (SSSR count). The van der Waals surface area contributed by atoms with Crippen molar-refractivity contribution in [3.63, 3.8) is 0 Å². The Labute approximate surface area is 106 Å². The van der Waals surface area contributed by atoms with Gasteiger partial charge in [-0.3, -0.25) is 4.90 Å². The molecule has 17 heavy (non-hydrogen) atoms. The molecule has 1 N–H and O–H groups in total. The number of nitrogens with zero attached hydrogens (tertiary/aromatic N) is 1. The lowest BCUT2D eigenvalue weighted by Gasteiger charge is -2.26. The number of phenols is 1. The van der Waals surface area contributed by atoms with Crippen LogP contribution in [0, 0.1) is 0 Å². The van der Waals surface area contributed by atoms with E-state index in [1.165, 1.54) is 0 Å². The van der Waals surface area contributed by atoms with Gasteiger partial charge in [0.1, 0.15) is 5.75 Å². The highest BCUT2D eigenvalue weighted by Crippen LogP contribution is 2.28. The fraction of sp³-hybridized carbons (Fsp3) is 0.455. The summed E-state index contributed by atoms with van der Waals surface area (Å²) in [6.45, 7) is 1.55. The Balaban J connectivity index is 2.05. The summed E-state index contributed by atoms with van der Waals surface area (Å²) in [5.74, 6) is 0.463. The zero-order chi connectivity index (χ0) is 12.5. The lowest BCUT2D eigenvalue weighted by atomic mass is 10.2. The van der Waals surface area contributed by atoms with Gasteiger partial charge in [0.25, 0.3) is 0 Å². The summed E-state index contributed by atoms with van der Waals surface area (Å²) in [6, 6.07) is 5.20. The molecule has 0 aromatic heterocycles. The number of hydrogen-bond donors (Lipinski definition) is 1. The van der Waals surface area contributed by atoms with Crippen molar-refractivity contribution in [1.82, 2.24) is 4.90 Å². The Hall–Kier alpha value is -0.780. The fourth-order valence-electron chi connectivity index (χ4n) is 1.84. The summed E-state index contributed by atoms with van der Waals surface area (Å²) in [6.07, 6.45) is 0. The first-order valence-electron chi connectivity index (χ1n) is 5.37. The maximum Gasteiger partial charge on any atom is 0.152 e. The van der Waals surface area contributed by atoms with Crippen molar-refractivity contribution in [3.8, 4) is 5.75 Å². The van der Waals surface area contributed by atoms with Crippen molar-refractivity contribution in [2.75, 3.05) is 24.6 Å². The Bertz CT molecular complexity index is 501. The van der Waals surface area contributed by atoms with E-state index in [4.69, 9.17) is 11.6 Å². The highest BCUT2D eigenvalue weighted by Gasteiger charge is 2.22. The Morgan fingerprint density at radius 2 is 1.94 bits per heavy atom. The van der Waals surface area contributed by atoms with Crippen LogP contribution in [-0.4, -0.2) is 43.0 Å². The van der Waals surface area contributed by atoms with Crippen LogP contribution in [0.1, 0.15) is 5.56 Å². The van der Waals surface area contributed by atoms with Gasteiger partial charge < -0.3 is 5.11 Å². The minimum absolute atomic E-state index is 0.0857. The molecule has 1 fully saturated rings. The van der Waals surface area contributed by atoms with E-state index in [1.54, 1.807) is 18.2 Å². The predicted octanol–water partition coefficient (Wildman–Crippen LogP) is 1.28. The van der Waals surface area contributed by atoms with Crippen LogP contribution in [0.2, 0.25) is 5.02 Å². The average Bonchev–Trinajstić information content (AvgIpc) is 2.27. The predicted molar refractivity (Wildman–Crippen MR) is 67.0 cm³/mol. The summed E-state index contributed by atoms with van der Waals surface area (Å²) in [7, 11) is -2.86. The Kier molecular flexibility index (Phi) is 3.61. The molecule has 0 amide bonds.